The Kier molecular flexibility index (Phi) is 8.10. The quantitative estimate of drug-likeness (QED) is 0.422. The second kappa shape index (κ2) is 11.0. The molecule has 2 aromatic carbocycles. The molecule has 0 radical (unpaired) electrons. The highest BCUT2D eigenvalue weighted by Gasteiger charge is 2.26. The molecule has 3 rings (SSSR count). The number of nitrogens with zero attached hydrogens (tertiary/aromatic N) is 2. The average Bonchev–Trinajstić information content (AvgIpc) is 2.79. The Morgan fingerprint density at radius 2 is 1.47 bits per heavy atom. The number of hydrogen-bond acceptors (Lipinski definition) is 2. The average molecular weight is 399 g/mol. The van der Waals surface area contributed by atoms with Crippen LogP contribution in [0.4, 0.5) is 0 Å². The highest BCUT2D eigenvalue weighted by atomic mass is 14.3. The van der Waals surface area contributed by atoms with E-state index >= 15 is 0 Å². The Labute approximate surface area is 182 Å². The lowest BCUT2D eigenvalue weighted by atomic mass is 9.75. The summed E-state index contributed by atoms with van der Waals surface area (Å²) in [6, 6.07) is 17.1. The lowest BCUT2D eigenvalue weighted by Crippen LogP contribution is -2.15. The van der Waals surface area contributed by atoms with Gasteiger partial charge >= 0.3 is 0 Å². The molecule has 30 heavy (non-hydrogen) atoms. The molecule has 156 valence electrons. The molecule has 0 spiro atoms. The summed E-state index contributed by atoms with van der Waals surface area (Å²) in [5, 5.41) is 19.8. The van der Waals surface area contributed by atoms with Gasteiger partial charge in [0.15, 0.2) is 0 Å². The van der Waals surface area contributed by atoms with Crippen molar-refractivity contribution in [3.8, 4) is 23.3 Å². The van der Waals surface area contributed by atoms with Gasteiger partial charge in [-0.15, -0.1) is 0 Å². The van der Waals surface area contributed by atoms with Gasteiger partial charge in [-0.3, -0.25) is 0 Å². The zero-order chi connectivity index (χ0) is 21.3. The molecule has 0 aliphatic heterocycles. The first-order chi connectivity index (χ1) is 14.7. The summed E-state index contributed by atoms with van der Waals surface area (Å²) in [4.78, 5) is 0. The molecule has 0 unspecified atom stereocenters. The van der Waals surface area contributed by atoms with Crippen molar-refractivity contribution in [2.24, 2.45) is 5.92 Å². The maximum Gasteiger partial charge on any atom is 0.101 e. The van der Waals surface area contributed by atoms with Gasteiger partial charge < -0.3 is 0 Å². The topological polar surface area (TPSA) is 47.6 Å². The van der Waals surface area contributed by atoms with Crippen LogP contribution < -0.4 is 0 Å². The van der Waals surface area contributed by atoms with E-state index in [0.29, 0.717) is 17.0 Å². The van der Waals surface area contributed by atoms with Crippen molar-refractivity contribution in [1.29, 1.82) is 10.5 Å². The second-order valence-electron chi connectivity index (χ2n) is 8.96. The Morgan fingerprint density at radius 1 is 0.800 bits per heavy atom. The zero-order valence-electron chi connectivity index (χ0n) is 18.6. The van der Waals surface area contributed by atoms with E-state index in [-0.39, 0.29) is 0 Å². The first kappa shape index (κ1) is 22.1. The summed E-state index contributed by atoms with van der Waals surface area (Å²) in [5.41, 5.74) is 5.30. The van der Waals surface area contributed by atoms with Crippen LogP contribution >= 0.6 is 0 Å². The fourth-order valence-corrected chi connectivity index (χ4v) is 4.97. The lowest BCUT2D eigenvalue weighted by molar-refractivity contribution is 0.301. The van der Waals surface area contributed by atoms with Crippen LogP contribution in [0, 0.1) is 35.5 Å². The molecule has 1 aliphatic rings. The highest BCUT2D eigenvalue weighted by Crippen LogP contribution is 2.41. The Bertz CT molecular complexity index is 903. The van der Waals surface area contributed by atoms with E-state index in [4.69, 9.17) is 0 Å². The third-order valence-electron chi connectivity index (χ3n) is 6.83. The maximum absolute atomic E-state index is 9.91. The first-order valence-electron chi connectivity index (χ1n) is 11.7. The van der Waals surface area contributed by atoms with Crippen molar-refractivity contribution in [1.82, 2.24) is 0 Å². The molecule has 1 fully saturated rings. The Balaban J connectivity index is 1.71. The normalized spacial score (nSPS) is 18.5. The molecule has 2 heteroatoms. The van der Waals surface area contributed by atoms with E-state index in [9.17, 15) is 10.5 Å². The summed E-state index contributed by atoms with van der Waals surface area (Å²) in [7, 11) is 0. The summed E-state index contributed by atoms with van der Waals surface area (Å²) in [5.74, 6) is 1.26. The largest absolute Gasteiger partial charge is 0.192 e. The molecular weight excluding hydrogens is 364 g/mol. The highest BCUT2D eigenvalue weighted by molar-refractivity contribution is 5.75. The molecule has 0 saturated heterocycles. The minimum atomic E-state index is 0.412. The lowest BCUT2D eigenvalue weighted by Gasteiger charge is -2.29. The first-order valence-corrected chi connectivity index (χ1v) is 11.7. The van der Waals surface area contributed by atoms with Crippen LogP contribution in [0.2, 0.25) is 0 Å². The molecule has 0 aromatic heterocycles. The molecule has 0 amide bonds. The number of aryl methyl sites for hydroxylation is 1. The smallest absolute Gasteiger partial charge is 0.101 e. The van der Waals surface area contributed by atoms with Gasteiger partial charge in [0.25, 0.3) is 0 Å². The van der Waals surface area contributed by atoms with Crippen LogP contribution in [0.5, 0.6) is 0 Å². The Morgan fingerprint density at radius 3 is 2.10 bits per heavy atom. The maximum atomic E-state index is 9.91. The standard InChI is InChI=1S/C28H34N2/c1-3-4-5-6-7-8-22-11-15-24(16-12-22)26-18-17-25(27(19-29)28(26)20-30)23-13-9-21(2)10-14-23/h9-10,13-14,17-18,22,24H,3-8,11-12,15-16H2,1-2H3. The minimum absolute atomic E-state index is 0.412. The van der Waals surface area contributed by atoms with Crippen molar-refractivity contribution in [2.45, 2.75) is 84.0 Å². The number of rotatable bonds is 8. The predicted molar refractivity (Wildman–Crippen MR) is 124 cm³/mol. The second-order valence-corrected chi connectivity index (χ2v) is 8.96. The fourth-order valence-electron chi connectivity index (χ4n) is 4.97. The van der Waals surface area contributed by atoms with Crippen LogP contribution in [-0.4, -0.2) is 0 Å². The minimum Gasteiger partial charge on any atom is -0.192 e. The van der Waals surface area contributed by atoms with Crippen LogP contribution in [0.1, 0.15) is 99.3 Å². The zero-order valence-corrected chi connectivity index (χ0v) is 18.6. The van der Waals surface area contributed by atoms with E-state index in [1.54, 1.807) is 0 Å². The van der Waals surface area contributed by atoms with E-state index < -0.39 is 0 Å². The van der Waals surface area contributed by atoms with Gasteiger partial charge in [0.2, 0.25) is 0 Å². The predicted octanol–water partition coefficient (Wildman–Crippen LogP) is 8.04. The molecule has 2 aromatic rings. The fraction of sp³-hybridized carbons (Fsp3) is 0.500. The summed E-state index contributed by atoms with van der Waals surface area (Å²) in [6.45, 7) is 4.32. The van der Waals surface area contributed by atoms with Crippen molar-refractivity contribution in [3.05, 3.63) is 58.7 Å². The number of unbranched alkanes of at least 4 members (excludes halogenated alkanes) is 4. The summed E-state index contributed by atoms with van der Waals surface area (Å²) < 4.78 is 0. The molecule has 0 bridgehead atoms. The van der Waals surface area contributed by atoms with E-state index in [2.05, 4.69) is 50.3 Å². The number of benzene rings is 2. The van der Waals surface area contributed by atoms with Gasteiger partial charge in [0.05, 0.1) is 11.1 Å². The van der Waals surface area contributed by atoms with Crippen molar-refractivity contribution >= 4 is 0 Å². The van der Waals surface area contributed by atoms with Gasteiger partial charge in [0.1, 0.15) is 12.1 Å². The van der Waals surface area contributed by atoms with Crippen LogP contribution in [0.15, 0.2) is 36.4 Å². The molecule has 0 heterocycles. The third-order valence-corrected chi connectivity index (χ3v) is 6.83. The number of hydrogen-bond donors (Lipinski definition) is 0. The van der Waals surface area contributed by atoms with Crippen molar-refractivity contribution in [2.75, 3.05) is 0 Å². The van der Waals surface area contributed by atoms with Crippen LogP contribution in [-0.2, 0) is 0 Å². The molecular formula is C28H34N2. The monoisotopic (exact) mass is 398 g/mol. The van der Waals surface area contributed by atoms with Crippen LogP contribution in [0.25, 0.3) is 11.1 Å². The molecule has 1 aliphatic carbocycles. The van der Waals surface area contributed by atoms with E-state index in [1.807, 2.05) is 12.1 Å². The van der Waals surface area contributed by atoms with E-state index in [0.717, 1.165) is 35.4 Å². The third kappa shape index (κ3) is 5.31. The van der Waals surface area contributed by atoms with Gasteiger partial charge in [-0.2, -0.15) is 10.5 Å². The van der Waals surface area contributed by atoms with E-state index in [1.165, 1.54) is 56.9 Å². The molecule has 0 atom stereocenters. The molecule has 2 nitrogen and oxygen atoms in total. The van der Waals surface area contributed by atoms with Crippen molar-refractivity contribution < 1.29 is 0 Å². The van der Waals surface area contributed by atoms with Gasteiger partial charge in [0, 0.05) is 5.56 Å². The van der Waals surface area contributed by atoms with Gasteiger partial charge in [-0.25, -0.2) is 0 Å². The van der Waals surface area contributed by atoms with Gasteiger partial charge in [-0.05, 0) is 55.6 Å². The van der Waals surface area contributed by atoms with Crippen molar-refractivity contribution in [3.63, 3.8) is 0 Å². The SMILES string of the molecule is CCCCCCCC1CCC(c2ccc(-c3ccc(C)cc3)c(C#N)c2C#N)CC1. The van der Waals surface area contributed by atoms with Crippen LogP contribution in [0.3, 0.4) is 0 Å². The summed E-state index contributed by atoms with van der Waals surface area (Å²) in [6.07, 6.45) is 12.9. The van der Waals surface area contributed by atoms with Gasteiger partial charge in [-0.1, -0.05) is 87.4 Å². The molecule has 1 saturated carbocycles. The number of nitriles is 2. The summed E-state index contributed by atoms with van der Waals surface area (Å²) >= 11 is 0. The Hall–Kier alpha value is -2.58. The molecule has 0 N–H and O–H groups in total.